The zero-order valence-electron chi connectivity index (χ0n) is 12.7. The van der Waals surface area contributed by atoms with Gasteiger partial charge in [-0.25, -0.2) is 8.42 Å². The summed E-state index contributed by atoms with van der Waals surface area (Å²) >= 11 is 5.97. The Kier molecular flexibility index (Phi) is 4.99. The van der Waals surface area contributed by atoms with Gasteiger partial charge in [0, 0.05) is 18.7 Å². The minimum atomic E-state index is -3.46. The van der Waals surface area contributed by atoms with Gasteiger partial charge in [0.05, 0.1) is 29.2 Å². The largest absolute Gasteiger partial charge is 0.372 e. The van der Waals surface area contributed by atoms with Crippen LogP contribution in [-0.2, 0) is 14.8 Å². The standard InChI is InChI=1S/C14H19ClN2O4S/c1-9-7-17(8-10(2)21-9)14(18)11-4-5-12(15)13(6-11)16-22(3,19)20/h4-6,9-10,16H,7-8H2,1-3H3/t9-,10-/m1/s1. The molecule has 1 aromatic rings. The molecular formula is C14H19ClN2O4S. The van der Waals surface area contributed by atoms with E-state index in [0.717, 1.165) is 6.26 Å². The van der Waals surface area contributed by atoms with E-state index in [1.54, 1.807) is 11.0 Å². The number of amides is 1. The lowest BCUT2D eigenvalue weighted by atomic mass is 10.1. The van der Waals surface area contributed by atoms with Gasteiger partial charge in [0.1, 0.15) is 0 Å². The lowest BCUT2D eigenvalue weighted by Gasteiger charge is -2.35. The van der Waals surface area contributed by atoms with E-state index < -0.39 is 10.0 Å². The quantitative estimate of drug-likeness (QED) is 0.907. The van der Waals surface area contributed by atoms with Crippen LogP contribution in [0.2, 0.25) is 5.02 Å². The van der Waals surface area contributed by atoms with Crippen LogP contribution in [0.15, 0.2) is 18.2 Å². The number of anilines is 1. The molecule has 22 heavy (non-hydrogen) atoms. The molecule has 1 aliphatic heterocycles. The summed E-state index contributed by atoms with van der Waals surface area (Å²) in [6.45, 7) is 4.82. The molecule has 2 atom stereocenters. The van der Waals surface area contributed by atoms with Crippen LogP contribution in [0.3, 0.4) is 0 Å². The number of ether oxygens (including phenoxy) is 1. The minimum absolute atomic E-state index is 0.0337. The zero-order chi connectivity index (χ0) is 16.5. The maximum Gasteiger partial charge on any atom is 0.254 e. The number of hydrogen-bond donors (Lipinski definition) is 1. The minimum Gasteiger partial charge on any atom is -0.372 e. The Morgan fingerprint density at radius 2 is 1.91 bits per heavy atom. The summed E-state index contributed by atoms with van der Waals surface area (Å²) < 4.78 is 30.6. The summed E-state index contributed by atoms with van der Waals surface area (Å²) in [6, 6.07) is 4.55. The zero-order valence-corrected chi connectivity index (χ0v) is 14.2. The van der Waals surface area contributed by atoms with Gasteiger partial charge in [-0.1, -0.05) is 11.6 Å². The van der Waals surface area contributed by atoms with Crippen molar-refractivity contribution in [2.24, 2.45) is 0 Å². The van der Waals surface area contributed by atoms with E-state index in [2.05, 4.69) is 4.72 Å². The summed E-state index contributed by atoms with van der Waals surface area (Å²) in [6.07, 6.45) is 0.964. The van der Waals surface area contributed by atoms with E-state index >= 15 is 0 Å². The fourth-order valence-corrected chi connectivity index (χ4v) is 3.25. The van der Waals surface area contributed by atoms with E-state index in [1.165, 1.54) is 12.1 Å². The summed E-state index contributed by atoms with van der Waals surface area (Å²) in [4.78, 5) is 14.3. The van der Waals surface area contributed by atoms with Crippen LogP contribution in [0.4, 0.5) is 5.69 Å². The Labute approximate surface area is 135 Å². The summed E-state index contributed by atoms with van der Waals surface area (Å²) in [7, 11) is -3.46. The molecule has 0 spiro atoms. The first-order valence-corrected chi connectivity index (χ1v) is 9.14. The SMILES string of the molecule is C[C@@H]1CN(C(=O)c2ccc(Cl)c(NS(C)(=O)=O)c2)C[C@@H](C)O1. The van der Waals surface area contributed by atoms with E-state index in [-0.39, 0.29) is 28.8 Å². The Morgan fingerprint density at radius 3 is 2.45 bits per heavy atom. The van der Waals surface area contributed by atoms with Crippen LogP contribution in [0.5, 0.6) is 0 Å². The highest BCUT2D eigenvalue weighted by atomic mass is 35.5. The molecule has 122 valence electrons. The normalized spacial score (nSPS) is 22.5. The van der Waals surface area contributed by atoms with Crippen LogP contribution < -0.4 is 4.72 Å². The first-order valence-electron chi connectivity index (χ1n) is 6.88. The van der Waals surface area contributed by atoms with Gasteiger partial charge in [-0.2, -0.15) is 0 Å². The molecule has 0 radical (unpaired) electrons. The Bertz CT molecular complexity index is 667. The molecule has 6 nitrogen and oxygen atoms in total. The molecule has 8 heteroatoms. The van der Waals surface area contributed by atoms with Crippen LogP contribution in [-0.4, -0.2) is 50.8 Å². The van der Waals surface area contributed by atoms with Crippen LogP contribution >= 0.6 is 11.6 Å². The average Bonchev–Trinajstić information content (AvgIpc) is 2.38. The van der Waals surface area contributed by atoms with Crippen molar-refractivity contribution in [2.45, 2.75) is 26.1 Å². The third kappa shape index (κ3) is 4.34. The van der Waals surface area contributed by atoms with Crippen molar-refractivity contribution in [3.05, 3.63) is 28.8 Å². The molecule has 0 bridgehead atoms. The number of morpholine rings is 1. The van der Waals surface area contributed by atoms with E-state index in [1.807, 2.05) is 13.8 Å². The van der Waals surface area contributed by atoms with Gasteiger partial charge in [0.15, 0.2) is 0 Å². The summed E-state index contributed by atoms with van der Waals surface area (Å²) in [5, 5.41) is 0.241. The van der Waals surface area contributed by atoms with Gasteiger partial charge >= 0.3 is 0 Å². The molecule has 0 unspecified atom stereocenters. The molecule has 1 heterocycles. The molecular weight excluding hydrogens is 328 g/mol. The van der Waals surface area contributed by atoms with Crippen LogP contribution in [0, 0.1) is 0 Å². The molecule has 1 fully saturated rings. The topological polar surface area (TPSA) is 75.7 Å². The smallest absolute Gasteiger partial charge is 0.254 e. The van der Waals surface area contributed by atoms with Gasteiger partial charge in [-0.15, -0.1) is 0 Å². The van der Waals surface area contributed by atoms with Crippen molar-refractivity contribution in [3.63, 3.8) is 0 Å². The van der Waals surface area contributed by atoms with Crippen molar-refractivity contribution >= 4 is 33.2 Å². The number of hydrogen-bond acceptors (Lipinski definition) is 4. The Hall–Kier alpha value is -1.31. The predicted octanol–water partition coefficient (Wildman–Crippen LogP) is 1.96. The maximum atomic E-state index is 12.6. The molecule has 1 N–H and O–H groups in total. The number of carbonyl (C=O) groups is 1. The highest BCUT2D eigenvalue weighted by Gasteiger charge is 2.27. The number of rotatable bonds is 3. The number of benzene rings is 1. The maximum absolute atomic E-state index is 12.6. The van der Waals surface area contributed by atoms with Crippen molar-refractivity contribution in [3.8, 4) is 0 Å². The molecule has 1 amide bonds. The highest BCUT2D eigenvalue weighted by molar-refractivity contribution is 7.92. The second-order valence-corrected chi connectivity index (χ2v) is 7.69. The molecule has 0 saturated carbocycles. The lowest BCUT2D eigenvalue weighted by Crippen LogP contribution is -2.48. The van der Waals surface area contributed by atoms with Crippen molar-refractivity contribution < 1.29 is 17.9 Å². The molecule has 1 saturated heterocycles. The van der Waals surface area contributed by atoms with E-state index in [0.29, 0.717) is 18.7 Å². The number of nitrogens with zero attached hydrogens (tertiary/aromatic N) is 1. The monoisotopic (exact) mass is 346 g/mol. The van der Waals surface area contributed by atoms with Gasteiger partial charge in [-0.3, -0.25) is 9.52 Å². The summed E-state index contributed by atoms with van der Waals surface area (Å²) in [5.74, 6) is -0.171. The number of halogens is 1. The average molecular weight is 347 g/mol. The van der Waals surface area contributed by atoms with Gasteiger partial charge in [0.2, 0.25) is 10.0 Å². The van der Waals surface area contributed by atoms with Crippen molar-refractivity contribution in [1.82, 2.24) is 4.90 Å². The number of nitrogens with one attached hydrogen (secondary N) is 1. The second kappa shape index (κ2) is 6.44. The van der Waals surface area contributed by atoms with Gasteiger partial charge < -0.3 is 9.64 Å². The summed E-state index contributed by atoms with van der Waals surface area (Å²) in [5.41, 5.74) is 0.584. The molecule has 0 aliphatic carbocycles. The number of carbonyl (C=O) groups excluding carboxylic acids is 1. The van der Waals surface area contributed by atoms with Crippen molar-refractivity contribution in [2.75, 3.05) is 24.1 Å². The molecule has 1 aromatic carbocycles. The van der Waals surface area contributed by atoms with Gasteiger partial charge in [-0.05, 0) is 32.0 Å². The Balaban J connectivity index is 2.25. The van der Waals surface area contributed by atoms with Crippen LogP contribution in [0.1, 0.15) is 24.2 Å². The third-order valence-corrected chi connectivity index (χ3v) is 4.14. The van der Waals surface area contributed by atoms with Gasteiger partial charge in [0.25, 0.3) is 5.91 Å². The van der Waals surface area contributed by atoms with E-state index in [4.69, 9.17) is 16.3 Å². The fourth-order valence-electron chi connectivity index (χ4n) is 2.46. The molecule has 0 aromatic heterocycles. The second-order valence-electron chi connectivity index (χ2n) is 5.54. The first-order chi connectivity index (χ1) is 10.2. The van der Waals surface area contributed by atoms with Crippen LogP contribution in [0.25, 0.3) is 0 Å². The lowest BCUT2D eigenvalue weighted by molar-refractivity contribution is -0.0586. The fraction of sp³-hybridized carbons (Fsp3) is 0.500. The predicted molar refractivity (Wildman–Crippen MR) is 85.8 cm³/mol. The highest BCUT2D eigenvalue weighted by Crippen LogP contribution is 2.25. The first kappa shape index (κ1) is 17.1. The molecule has 2 rings (SSSR count). The van der Waals surface area contributed by atoms with E-state index in [9.17, 15) is 13.2 Å². The van der Waals surface area contributed by atoms with Crippen molar-refractivity contribution in [1.29, 1.82) is 0 Å². The number of sulfonamides is 1. The molecule has 1 aliphatic rings. The third-order valence-electron chi connectivity index (χ3n) is 3.22. The Morgan fingerprint density at radius 1 is 1.32 bits per heavy atom.